The van der Waals surface area contributed by atoms with Crippen molar-refractivity contribution in [1.29, 1.82) is 0 Å². The number of rotatable bonds is 3. The highest BCUT2D eigenvalue weighted by Gasteiger charge is 2.03. The van der Waals surface area contributed by atoms with Gasteiger partial charge in [0, 0.05) is 0 Å². The second kappa shape index (κ2) is 4.70. The Balaban J connectivity index is 2.71. The smallest absolute Gasteiger partial charge is 0.146 e. The Morgan fingerprint density at radius 3 is 2.25 bits per heavy atom. The van der Waals surface area contributed by atoms with Crippen LogP contribution in [0.15, 0.2) is 30.8 Å². The second-order valence-electron chi connectivity index (χ2n) is 2.46. The van der Waals surface area contributed by atoms with Gasteiger partial charge in [0.2, 0.25) is 0 Å². The molecule has 0 nitrogen and oxygen atoms in total. The van der Waals surface area contributed by atoms with Crippen LogP contribution >= 0.6 is 22.2 Å². The Morgan fingerprint density at radius 2 is 1.83 bits per heavy atom. The largest absolute Gasteiger partial charge is 0.278 e. The van der Waals surface area contributed by atoms with Crippen molar-refractivity contribution in [2.75, 3.05) is 0 Å². The Bertz CT molecular complexity index is 254. The molecular formula is C9H9Cl2Si. The summed E-state index contributed by atoms with van der Waals surface area (Å²) in [6.07, 6.45) is 1.82. The Labute approximate surface area is 83.8 Å². The van der Waals surface area contributed by atoms with Crippen molar-refractivity contribution in [3.05, 3.63) is 42.0 Å². The number of halogens is 2. The first-order valence-corrected chi connectivity index (χ1v) is 7.33. The molecule has 1 aromatic carbocycles. The average molecular weight is 216 g/mol. The van der Waals surface area contributed by atoms with Crippen LogP contribution in [-0.2, 0) is 6.04 Å². The Morgan fingerprint density at radius 1 is 1.25 bits per heavy atom. The minimum Gasteiger partial charge on any atom is -0.146 e. The van der Waals surface area contributed by atoms with Gasteiger partial charge in [-0.1, -0.05) is 36.9 Å². The second-order valence-corrected chi connectivity index (χ2v) is 6.81. The lowest BCUT2D eigenvalue weighted by Crippen LogP contribution is -1.98. The number of benzene rings is 1. The van der Waals surface area contributed by atoms with Gasteiger partial charge < -0.3 is 0 Å². The maximum Gasteiger partial charge on any atom is 0.278 e. The highest BCUT2D eigenvalue weighted by molar-refractivity contribution is 7.33. The molecule has 0 saturated heterocycles. The van der Waals surface area contributed by atoms with Crippen molar-refractivity contribution in [2.45, 2.75) is 6.04 Å². The minimum atomic E-state index is -1.19. The molecule has 1 aromatic rings. The van der Waals surface area contributed by atoms with Crippen LogP contribution in [0, 0.1) is 0 Å². The van der Waals surface area contributed by atoms with E-state index in [-0.39, 0.29) is 0 Å². The molecule has 0 spiro atoms. The lowest BCUT2D eigenvalue weighted by atomic mass is 10.1. The van der Waals surface area contributed by atoms with E-state index in [4.69, 9.17) is 22.2 Å². The van der Waals surface area contributed by atoms with Crippen molar-refractivity contribution in [3.8, 4) is 0 Å². The standard InChI is InChI=1S/C9H9Cl2Si/c1-2-8-3-5-9(6-4-8)7-12(10)11/h2-6H,1,7H2. The lowest BCUT2D eigenvalue weighted by molar-refractivity contribution is 1.39. The zero-order valence-electron chi connectivity index (χ0n) is 6.56. The molecule has 0 bridgehead atoms. The highest BCUT2D eigenvalue weighted by Crippen LogP contribution is 2.10. The summed E-state index contributed by atoms with van der Waals surface area (Å²) in [6.45, 7) is 3.68. The molecule has 0 aliphatic heterocycles. The third-order valence-electron chi connectivity index (χ3n) is 1.55. The summed E-state index contributed by atoms with van der Waals surface area (Å²) in [5, 5.41) is 0. The van der Waals surface area contributed by atoms with Crippen LogP contribution in [-0.4, -0.2) is 7.42 Å². The van der Waals surface area contributed by atoms with Crippen LogP contribution in [0.5, 0.6) is 0 Å². The van der Waals surface area contributed by atoms with Gasteiger partial charge in [0.25, 0.3) is 7.42 Å². The Kier molecular flexibility index (Phi) is 3.86. The van der Waals surface area contributed by atoms with E-state index >= 15 is 0 Å². The van der Waals surface area contributed by atoms with Crippen molar-refractivity contribution >= 4 is 35.7 Å². The molecule has 0 atom stereocenters. The molecule has 63 valence electrons. The van der Waals surface area contributed by atoms with Crippen LogP contribution in [0.2, 0.25) is 0 Å². The van der Waals surface area contributed by atoms with Gasteiger partial charge in [-0.05, 0) is 17.2 Å². The van der Waals surface area contributed by atoms with E-state index in [9.17, 15) is 0 Å². The molecule has 0 amide bonds. The van der Waals surface area contributed by atoms with Gasteiger partial charge in [-0.15, -0.1) is 22.2 Å². The van der Waals surface area contributed by atoms with Gasteiger partial charge in [-0.3, -0.25) is 0 Å². The van der Waals surface area contributed by atoms with Gasteiger partial charge in [0.05, 0.1) is 0 Å². The SMILES string of the molecule is C=Cc1ccc(C[Si](Cl)Cl)cc1. The summed E-state index contributed by atoms with van der Waals surface area (Å²) in [5.41, 5.74) is 2.32. The van der Waals surface area contributed by atoms with E-state index in [0.29, 0.717) is 0 Å². The van der Waals surface area contributed by atoms with Crippen molar-refractivity contribution in [2.24, 2.45) is 0 Å². The maximum atomic E-state index is 5.73. The zero-order valence-corrected chi connectivity index (χ0v) is 9.07. The molecule has 1 radical (unpaired) electrons. The molecule has 3 heteroatoms. The first kappa shape index (κ1) is 9.84. The van der Waals surface area contributed by atoms with Gasteiger partial charge in [-0.25, -0.2) is 0 Å². The fraction of sp³-hybridized carbons (Fsp3) is 0.111. The molecule has 0 fully saturated rings. The van der Waals surface area contributed by atoms with Gasteiger partial charge in [0.1, 0.15) is 0 Å². The van der Waals surface area contributed by atoms with Crippen LogP contribution in [0.25, 0.3) is 6.08 Å². The maximum absolute atomic E-state index is 5.73. The number of hydrogen-bond donors (Lipinski definition) is 0. The van der Waals surface area contributed by atoms with Crippen LogP contribution in [0.4, 0.5) is 0 Å². The lowest BCUT2D eigenvalue weighted by Gasteiger charge is -1.99. The summed E-state index contributed by atoms with van der Waals surface area (Å²) < 4.78 is 0. The zero-order chi connectivity index (χ0) is 8.97. The van der Waals surface area contributed by atoms with Crippen LogP contribution < -0.4 is 0 Å². The van der Waals surface area contributed by atoms with Crippen molar-refractivity contribution in [1.82, 2.24) is 0 Å². The van der Waals surface area contributed by atoms with E-state index < -0.39 is 7.42 Å². The summed E-state index contributed by atoms with van der Waals surface area (Å²) in [6, 6.07) is 8.89. The quantitative estimate of drug-likeness (QED) is 0.536. The monoisotopic (exact) mass is 215 g/mol. The van der Waals surface area contributed by atoms with E-state index in [1.807, 2.05) is 30.3 Å². The molecule has 0 aromatic heterocycles. The predicted octanol–water partition coefficient (Wildman–Crippen LogP) is 3.38. The highest BCUT2D eigenvalue weighted by atomic mass is 35.7. The normalized spacial score (nSPS) is 10.2. The summed E-state index contributed by atoms with van der Waals surface area (Å²) >= 11 is 11.5. The van der Waals surface area contributed by atoms with E-state index in [1.165, 1.54) is 5.56 Å². The molecular weight excluding hydrogens is 207 g/mol. The molecule has 0 N–H and O–H groups in total. The summed E-state index contributed by atoms with van der Waals surface area (Å²) in [4.78, 5) is 0. The first-order chi connectivity index (χ1) is 5.72. The van der Waals surface area contributed by atoms with Gasteiger partial charge in [0.15, 0.2) is 0 Å². The fourth-order valence-electron chi connectivity index (χ4n) is 0.926. The predicted molar refractivity (Wildman–Crippen MR) is 57.7 cm³/mol. The summed E-state index contributed by atoms with van der Waals surface area (Å²) in [7, 11) is -1.19. The molecule has 0 saturated carbocycles. The van der Waals surface area contributed by atoms with Crippen molar-refractivity contribution < 1.29 is 0 Å². The topological polar surface area (TPSA) is 0 Å². The molecule has 0 aliphatic rings. The molecule has 12 heavy (non-hydrogen) atoms. The fourth-order valence-corrected chi connectivity index (χ4v) is 2.40. The third-order valence-corrected chi connectivity index (χ3v) is 3.03. The van der Waals surface area contributed by atoms with Crippen LogP contribution in [0.1, 0.15) is 11.1 Å². The van der Waals surface area contributed by atoms with Crippen LogP contribution in [0.3, 0.4) is 0 Å². The van der Waals surface area contributed by atoms with Crippen molar-refractivity contribution in [3.63, 3.8) is 0 Å². The first-order valence-electron chi connectivity index (χ1n) is 3.60. The van der Waals surface area contributed by atoms with Gasteiger partial charge >= 0.3 is 0 Å². The number of hydrogen-bond acceptors (Lipinski definition) is 0. The van der Waals surface area contributed by atoms with E-state index in [0.717, 1.165) is 11.6 Å². The van der Waals surface area contributed by atoms with E-state index in [1.54, 1.807) is 0 Å². The van der Waals surface area contributed by atoms with E-state index in [2.05, 4.69) is 6.58 Å². The Hall–Kier alpha value is -0.243. The minimum absolute atomic E-state index is 0.797. The molecule has 0 unspecified atom stereocenters. The molecule has 1 rings (SSSR count). The molecule has 0 heterocycles. The van der Waals surface area contributed by atoms with Gasteiger partial charge in [-0.2, -0.15) is 0 Å². The third kappa shape index (κ3) is 3.01. The molecule has 0 aliphatic carbocycles. The average Bonchev–Trinajstić information content (AvgIpc) is 2.05. The summed E-state index contributed by atoms with van der Waals surface area (Å²) in [5.74, 6) is 0.